The maximum Gasteiger partial charge on any atom is 0.262 e. The van der Waals surface area contributed by atoms with E-state index in [2.05, 4.69) is 5.32 Å². The lowest BCUT2D eigenvalue weighted by Gasteiger charge is -2.20. The minimum Gasteiger partial charge on any atom is -0.398 e. The highest BCUT2D eigenvalue weighted by molar-refractivity contribution is 7.14. The van der Waals surface area contributed by atoms with E-state index in [-0.39, 0.29) is 11.8 Å². The Bertz CT molecular complexity index is 473. The van der Waals surface area contributed by atoms with E-state index >= 15 is 0 Å². The van der Waals surface area contributed by atoms with Crippen LogP contribution in [0.3, 0.4) is 0 Å². The van der Waals surface area contributed by atoms with Crippen LogP contribution in [0.25, 0.3) is 0 Å². The molecule has 0 bridgehead atoms. The van der Waals surface area contributed by atoms with E-state index in [1.165, 1.54) is 11.3 Å². The van der Waals surface area contributed by atoms with E-state index < -0.39 is 6.04 Å². The molecule has 2 heterocycles. The highest BCUT2D eigenvalue weighted by Crippen LogP contribution is 2.23. The van der Waals surface area contributed by atoms with Crippen LogP contribution in [0.5, 0.6) is 0 Å². The van der Waals surface area contributed by atoms with Gasteiger partial charge in [0.1, 0.15) is 6.04 Å². The Morgan fingerprint density at radius 2 is 2.05 bits per heavy atom. The fraction of sp³-hybridized carbons (Fsp3) is 0.538. The largest absolute Gasteiger partial charge is 0.398 e. The van der Waals surface area contributed by atoms with Crippen molar-refractivity contribution in [3.8, 4) is 0 Å². The van der Waals surface area contributed by atoms with Crippen molar-refractivity contribution in [3.63, 3.8) is 0 Å². The summed E-state index contributed by atoms with van der Waals surface area (Å²) in [5, 5.41) is 2.74. The zero-order valence-corrected chi connectivity index (χ0v) is 12.0. The number of hydrogen-bond donors (Lipinski definition) is 2. The monoisotopic (exact) mass is 281 g/mol. The number of thiophene rings is 1. The van der Waals surface area contributed by atoms with Gasteiger partial charge in [-0.05, 0) is 32.8 Å². The van der Waals surface area contributed by atoms with Gasteiger partial charge in [-0.2, -0.15) is 0 Å². The van der Waals surface area contributed by atoms with E-state index in [4.69, 9.17) is 5.73 Å². The summed E-state index contributed by atoms with van der Waals surface area (Å²) in [7, 11) is 0. The van der Waals surface area contributed by atoms with Gasteiger partial charge in [0.15, 0.2) is 0 Å². The Hall–Kier alpha value is -1.56. The van der Waals surface area contributed by atoms with Crippen LogP contribution in [-0.2, 0) is 4.79 Å². The van der Waals surface area contributed by atoms with E-state index in [1.54, 1.807) is 17.9 Å². The third-order valence-corrected chi connectivity index (χ3v) is 4.38. The predicted molar refractivity (Wildman–Crippen MR) is 76.2 cm³/mol. The first-order chi connectivity index (χ1) is 8.99. The van der Waals surface area contributed by atoms with Crippen LogP contribution in [0, 0.1) is 6.92 Å². The van der Waals surface area contributed by atoms with Crippen molar-refractivity contribution >= 4 is 28.8 Å². The van der Waals surface area contributed by atoms with Crippen LogP contribution in [-0.4, -0.2) is 35.8 Å². The second-order valence-electron chi connectivity index (χ2n) is 4.85. The Kier molecular flexibility index (Phi) is 4.09. The zero-order valence-electron chi connectivity index (χ0n) is 11.2. The number of nitrogens with one attached hydrogen (secondary N) is 1. The molecule has 1 aliphatic heterocycles. The first-order valence-electron chi connectivity index (χ1n) is 6.44. The smallest absolute Gasteiger partial charge is 0.262 e. The van der Waals surface area contributed by atoms with E-state index in [1.807, 2.05) is 6.92 Å². The first-order valence-corrected chi connectivity index (χ1v) is 7.26. The molecule has 6 heteroatoms. The zero-order chi connectivity index (χ0) is 14.0. The Morgan fingerprint density at radius 3 is 2.58 bits per heavy atom. The Labute approximate surface area is 116 Å². The molecule has 3 N–H and O–H groups in total. The number of hydrogen-bond acceptors (Lipinski definition) is 4. The summed E-state index contributed by atoms with van der Waals surface area (Å²) in [5.74, 6) is -0.239. The predicted octanol–water partition coefficient (Wildman–Crippen LogP) is 1.38. The molecule has 1 saturated heterocycles. The highest BCUT2D eigenvalue weighted by Gasteiger charge is 2.25. The molecule has 1 unspecified atom stereocenters. The summed E-state index contributed by atoms with van der Waals surface area (Å²) in [6.45, 7) is 5.19. The molecule has 1 fully saturated rings. The molecule has 1 aromatic rings. The van der Waals surface area contributed by atoms with Gasteiger partial charge in [0.2, 0.25) is 5.91 Å². The summed E-state index contributed by atoms with van der Waals surface area (Å²) in [6, 6.07) is 1.16. The van der Waals surface area contributed by atoms with Crippen molar-refractivity contribution in [3.05, 3.63) is 15.8 Å². The summed E-state index contributed by atoms with van der Waals surface area (Å²) in [6.07, 6.45) is 2.10. The van der Waals surface area contributed by atoms with Crippen molar-refractivity contribution in [2.24, 2.45) is 0 Å². The van der Waals surface area contributed by atoms with E-state index in [0.29, 0.717) is 10.6 Å². The van der Waals surface area contributed by atoms with Gasteiger partial charge in [0, 0.05) is 23.7 Å². The third kappa shape index (κ3) is 3.07. The topological polar surface area (TPSA) is 75.4 Å². The lowest BCUT2D eigenvalue weighted by Crippen LogP contribution is -2.45. The number of nitrogens with two attached hydrogens (primary N) is 1. The molecule has 104 valence electrons. The standard InChI is InChI=1S/C13H19N3O2S/c1-8(13(18)16-5-3-4-6-16)15-12(17)11-7-10(14)9(2)19-11/h7-8H,3-6,14H2,1-2H3,(H,15,17). The number of aryl methyl sites for hydroxylation is 1. The normalized spacial score (nSPS) is 16.4. The molecule has 0 saturated carbocycles. The lowest BCUT2D eigenvalue weighted by molar-refractivity contribution is -0.131. The number of nitrogen functional groups attached to an aromatic ring is 1. The molecular formula is C13H19N3O2S. The van der Waals surface area contributed by atoms with Crippen LogP contribution in [0.4, 0.5) is 5.69 Å². The number of rotatable bonds is 3. The molecule has 1 aliphatic rings. The molecule has 0 spiro atoms. The average Bonchev–Trinajstić information content (AvgIpc) is 2.99. The van der Waals surface area contributed by atoms with Gasteiger partial charge < -0.3 is 16.0 Å². The van der Waals surface area contributed by atoms with Crippen LogP contribution >= 0.6 is 11.3 Å². The van der Waals surface area contributed by atoms with Gasteiger partial charge in [-0.15, -0.1) is 11.3 Å². The van der Waals surface area contributed by atoms with Crippen molar-refractivity contribution in [1.82, 2.24) is 10.2 Å². The van der Waals surface area contributed by atoms with Crippen molar-refractivity contribution < 1.29 is 9.59 Å². The number of likely N-dealkylation sites (tertiary alicyclic amines) is 1. The number of amides is 2. The number of anilines is 1. The van der Waals surface area contributed by atoms with Gasteiger partial charge in [0.05, 0.1) is 4.88 Å². The Balaban J connectivity index is 1.96. The minimum atomic E-state index is -0.491. The summed E-state index contributed by atoms with van der Waals surface area (Å²) >= 11 is 1.35. The van der Waals surface area contributed by atoms with E-state index in [0.717, 1.165) is 30.8 Å². The molecule has 1 atom stereocenters. The maximum absolute atomic E-state index is 12.1. The maximum atomic E-state index is 12.1. The molecule has 5 nitrogen and oxygen atoms in total. The molecule has 2 amide bonds. The second kappa shape index (κ2) is 5.61. The summed E-state index contributed by atoms with van der Waals surface area (Å²) in [5.41, 5.74) is 6.34. The van der Waals surface area contributed by atoms with Gasteiger partial charge >= 0.3 is 0 Å². The van der Waals surface area contributed by atoms with Gasteiger partial charge in [-0.25, -0.2) is 0 Å². The second-order valence-corrected chi connectivity index (χ2v) is 6.11. The van der Waals surface area contributed by atoms with Crippen LogP contribution in [0.15, 0.2) is 6.07 Å². The first kappa shape index (κ1) is 13.9. The molecule has 19 heavy (non-hydrogen) atoms. The van der Waals surface area contributed by atoms with Crippen LogP contribution in [0.1, 0.15) is 34.3 Å². The summed E-state index contributed by atoms with van der Waals surface area (Å²) in [4.78, 5) is 27.4. The van der Waals surface area contributed by atoms with Gasteiger partial charge in [0.25, 0.3) is 5.91 Å². The number of nitrogens with zero attached hydrogens (tertiary/aromatic N) is 1. The molecular weight excluding hydrogens is 262 g/mol. The van der Waals surface area contributed by atoms with Gasteiger partial charge in [-0.3, -0.25) is 9.59 Å². The Morgan fingerprint density at radius 1 is 1.42 bits per heavy atom. The number of carbonyl (C=O) groups is 2. The van der Waals surface area contributed by atoms with Crippen molar-refractivity contribution in [1.29, 1.82) is 0 Å². The molecule has 0 aliphatic carbocycles. The van der Waals surface area contributed by atoms with Crippen molar-refractivity contribution in [2.45, 2.75) is 32.7 Å². The van der Waals surface area contributed by atoms with E-state index in [9.17, 15) is 9.59 Å². The molecule has 0 radical (unpaired) electrons. The lowest BCUT2D eigenvalue weighted by atomic mass is 10.2. The average molecular weight is 281 g/mol. The molecule has 0 aromatic carbocycles. The van der Waals surface area contributed by atoms with Crippen LogP contribution in [0.2, 0.25) is 0 Å². The van der Waals surface area contributed by atoms with Crippen molar-refractivity contribution in [2.75, 3.05) is 18.8 Å². The third-order valence-electron chi connectivity index (χ3n) is 3.32. The van der Waals surface area contributed by atoms with Gasteiger partial charge in [-0.1, -0.05) is 0 Å². The molecule has 2 rings (SSSR count). The quantitative estimate of drug-likeness (QED) is 0.879. The SMILES string of the molecule is Cc1sc(C(=O)NC(C)C(=O)N2CCCC2)cc1N. The molecule has 1 aromatic heterocycles. The fourth-order valence-corrected chi connectivity index (χ4v) is 2.99. The number of carbonyl (C=O) groups excluding carboxylic acids is 2. The van der Waals surface area contributed by atoms with Crippen LogP contribution < -0.4 is 11.1 Å². The highest BCUT2D eigenvalue weighted by atomic mass is 32.1. The minimum absolute atomic E-state index is 0.00731. The summed E-state index contributed by atoms with van der Waals surface area (Å²) < 4.78 is 0. The fourth-order valence-electron chi connectivity index (χ4n) is 2.15.